The summed E-state index contributed by atoms with van der Waals surface area (Å²) >= 11 is 0. The molecule has 1 aliphatic rings. The van der Waals surface area contributed by atoms with E-state index in [0.717, 1.165) is 44.9 Å². The van der Waals surface area contributed by atoms with E-state index >= 15 is 0 Å². The number of aryl methyl sites for hydroxylation is 1. The Labute approximate surface area is 135 Å². The van der Waals surface area contributed by atoms with Gasteiger partial charge in [0.15, 0.2) is 6.29 Å². The number of carbonyl (C=O) groups is 1. The molecule has 0 radical (unpaired) electrons. The van der Waals surface area contributed by atoms with E-state index in [0.29, 0.717) is 17.1 Å². The third kappa shape index (κ3) is 4.15. The van der Waals surface area contributed by atoms with Crippen LogP contribution in [0.25, 0.3) is 0 Å². The van der Waals surface area contributed by atoms with E-state index in [9.17, 15) is 4.79 Å². The monoisotopic (exact) mass is 312 g/mol. The number of morpholine rings is 1. The van der Waals surface area contributed by atoms with E-state index in [1.54, 1.807) is 19.1 Å². The van der Waals surface area contributed by atoms with Crippen molar-refractivity contribution >= 4 is 6.29 Å². The maximum absolute atomic E-state index is 10.8. The molecule has 1 aromatic carbocycles. The van der Waals surface area contributed by atoms with E-state index in [4.69, 9.17) is 9.47 Å². The molecule has 5 nitrogen and oxygen atoms in total. The van der Waals surface area contributed by atoms with Crippen molar-refractivity contribution in [3.8, 4) is 11.6 Å². The highest BCUT2D eigenvalue weighted by atomic mass is 16.5. The van der Waals surface area contributed by atoms with E-state index in [-0.39, 0.29) is 0 Å². The molecule has 0 spiro atoms. The lowest BCUT2D eigenvalue weighted by atomic mass is 10.2. The third-order valence-corrected chi connectivity index (χ3v) is 3.88. The molecule has 120 valence electrons. The van der Waals surface area contributed by atoms with Gasteiger partial charge in [-0.1, -0.05) is 12.1 Å². The first kappa shape index (κ1) is 15.6. The van der Waals surface area contributed by atoms with Crippen molar-refractivity contribution < 1.29 is 14.3 Å². The molecule has 0 saturated carbocycles. The normalized spacial score (nSPS) is 15.3. The van der Waals surface area contributed by atoms with Gasteiger partial charge >= 0.3 is 0 Å². The fourth-order valence-corrected chi connectivity index (χ4v) is 2.53. The molecule has 1 aromatic heterocycles. The van der Waals surface area contributed by atoms with E-state index in [1.165, 1.54) is 5.56 Å². The van der Waals surface area contributed by atoms with E-state index in [2.05, 4.69) is 22.0 Å². The number of hydrogen-bond acceptors (Lipinski definition) is 5. The highest BCUT2D eigenvalue weighted by Gasteiger charge is 2.10. The Kier molecular flexibility index (Phi) is 5.00. The van der Waals surface area contributed by atoms with Crippen LogP contribution in [-0.2, 0) is 11.3 Å². The number of benzene rings is 1. The fourth-order valence-electron chi connectivity index (χ4n) is 2.53. The van der Waals surface area contributed by atoms with Gasteiger partial charge in [-0.15, -0.1) is 0 Å². The number of nitrogens with zero attached hydrogens (tertiary/aromatic N) is 2. The van der Waals surface area contributed by atoms with Crippen LogP contribution in [0.3, 0.4) is 0 Å². The summed E-state index contributed by atoms with van der Waals surface area (Å²) in [6, 6.07) is 11.4. The molecule has 3 rings (SSSR count). The molecule has 0 N–H and O–H groups in total. The zero-order valence-electron chi connectivity index (χ0n) is 13.2. The van der Waals surface area contributed by atoms with Crippen molar-refractivity contribution in [1.82, 2.24) is 9.88 Å². The summed E-state index contributed by atoms with van der Waals surface area (Å²) in [6.45, 7) is 6.29. The molecular weight excluding hydrogens is 292 g/mol. The van der Waals surface area contributed by atoms with Crippen LogP contribution in [0.1, 0.15) is 21.6 Å². The lowest BCUT2D eigenvalue weighted by molar-refractivity contribution is 0.0342. The third-order valence-electron chi connectivity index (χ3n) is 3.88. The smallest absolute Gasteiger partial charge is 0.219 e. The first-order valence-corrected chi connectivity index (χ1v) is 7.74. The number of aldehydes is 1. The second-order valence-electron chi connectivity index (χ2n) is 5.58. The van der Waals surface area contributed by atoms with Gasteiger partial charge in [-0.3, -0.25) is 9.69 Å². The van der Waals surface area contributed by atoms with Gasteiger partial charge < -0.3 is 9.47 Å². The van der Waals surface area contributed by atoms with Crippen LogP contribution in [0.15, 0.2) is 36.4 Å². The largest absolute Gasteiger partial charge is 0.439 e. The zero-order valence-corrected chi connectivity index (χ0v) is 13.2. The minimum absolute atomic E-state index is 0.494. The maximum Gasteiger partial charge on any atom is 0.219 e. The molecule has 5 heteroatoms. The van der Waals surface area contributed by atoms with Crippen LogP contribution in [0.4, 0.5) is 0 Å². The lowest BCUT2D eigenvalue weighted by Crippen LogP contribution is -2.35. The van der Waals surface area contributed by atoms with Crippen molar-refractivity contribution in [2.45, 2.75) is 13.5 Å². The Morgan fingerprint density at radius 3 is 2.57 bits per heavy atom. The quantitative estimate of drug-likeness (QED) is 0.795. The molecule has 2 heterocycles. The van der Waals surface area contributed by atoms with Crippen molar-refractivity contribution in [3.05, 3.63) is 53.2 Å². The summed E-state index contributed by atoms with van der Waals surface area (Å²) in [6.07, 6.45) is 0.798. The highest BCUT2D eigenvalue weighted by Crippen LogP contribution is 2.21. The summed E-state index contributed by atoms with van der Waals surface area (Å²) < 4.78 is 11.1. The second kappa shape index (κ2) is 7.35. The van der Waals surface area contributed by atoms with Crippen molar-refractivity contribution in [2.75, 3.05) is 26.3 Å². The van der Waals surface area contributed by atoms with Gasteiger partial charge in [-0.2, -0.15) is 0 Å². The summed E-state index contributed by atoms with van der Waals surface area (Å²) in [5.74, 6) is 1.23. The average Bonchev–Trinajstić information content (AvgIpc) is 2.58. The van der Waals surface area contributed by atoms with Crippen LogP contribution in [0.2, 0.25) is 0 Å². The minimum Gasteiger partial charge on any atom is -0.439 e. The van der Waals surface area contributed by atoms with Crippen molar-refractivity contribution in [1.29, 1.82) is 0 Å². The second-order valence-corrected chi connectivity index (χ2v) is 5.58. The minimum atomic E-state index is 0.494. The van der Waals surface area contributed by atoms with Gasteiger partial charge in [0.2, 0.25) is 5.88 Å². The SMILES string of the molecule is Cc1nc(Oc2ccc(CN3CCOCC3)cc2)ccc1C=O. The number of hydrogen-bond donors (Lipinski definition) is 0. The number of rotatable bonds is 5. The molecular formula is C18H20N2O3. The van der Waals surface area contributed by atoms with E-state index in [1.807, 2.05) is 12.1 Å². The molecule has 0 amide bonds. The lowest BCUT2D eigenvalue weighted by Gasteiger charge is -2.26. The summed E-state index contributed by atoms with van der Waals surface area (Å²) in [7, 11) is 0. The van der Waals surface area contributed by atoms with Crippen LogP contribution in [0, 0.1) is 6.92 Å². The van der Waals surface area contributed by atoms with Crippen LogP contribution >= 0.6 is 0 Å². The molecule has 1 fully saturated rings. The Morgan fingerprint density at radius 1 is 1.17 bits per heavy atom. The molecule has 1 saturated heterocycles. The molecule has 0 unspecified atom stereocenters. The predicted molar refractivity (Wildman–Crippen MR) is 87.0 cm³/mol. The Hall–Kier alpha value is -2.24. The maximum atomic E-state index is 10.8. The topological polar surface area (TPSA) is 51.7 Å². The summed E-state index contributed by atoms with van der Waals surface area (Å²) in [4.78, 5) is 17.5. The Morgan fingerprint density at radius 2 is 1.91 bits per heavy atom. The van der Waals surface area contributed by atoms with Crippen LogP contribution in [-0.4, -0.2) is 42.5 Å². The molecule has 2 aromatic rings. The number of aromatic nitrogens is 1. The fraction of sp³-hybridized carbons (Fsp3) is 0.333. The number of carbonyl (C=O) groups excluding carboxylic acids is 1. The Bertz CT molecular complexity index is 664. The van der Waals surface area contributed by atoms with Crippen molar-refractivity contribution in [2.24, 2.45) is 0 Å². The summed E-state index contributed by atoms with van der Waals surface area (Å²) in [5.41, 5.74) is 2.50. The van der Waals surface area contributed by atoms with Gasteiger partial charge in [0.25, 0.3) is 0 Å². The Balaban J connectivity index is 1.62. The predicted octanol–water partition coefficient (Wildman–Crippen LogP) is 2.83. The first-order valence-electron chi connectivity index (χ1n) is 7.74. The average molecular weight is 312 g/mol. The summed E-state index contributed by atoms with van der Waals surface area (Å²) in [5, 5.41) is 0. The zero-order chi connectivity index (χ0) is 16.1. The van der Waals surface area contributed by atoms with Gasteiger partial charge in [0, 0.05) is 31.3 Å². The molecule has 23 heavy (non-hydrogen) atoms. The standard InChI is InChI=1S/C18H20N2O3/c1-14-16(13-21)4-7-18(19-14)23-17-5-2-15(3-6-17)12-20-8-10-22-11-9-20/h2-7,13H,8-12H2,1H3. The number of pyridine rings is 1. The van der Waals surface area contributed by atoms with Crippen molar-refractivity contribution in [3.63, 3.8) is 0 Å². The van der Waals surface area contributed by atoms with Gasteiger partial charge in [-0.05, 0) is 30.7 Å². The van der Waals surface area contributed by atoms with Crippen LogP contribution in [0.5, 0.6) is 11.6 Å². The molecule has 0 bridgehead atoms. The van der Waals surface area contributed by atoms with Gasteiger partial charge in [0.05, 0.1) is 18.9 Å². The molecule has 1 aliphatic heterocycles. The van der Waals surface area contributed by atoms with E-state index < -0.39 is 0 Å². The van der Waals surface area contributed by atoms with Crippen LogP contribution < -0.4 is 4.74 Å². The molecule has 0 atom stereocenters. The van der Waals surface area contributed by atoms with Gasteiger partial charge in [-0.25, -0.2) is 4.98 Å². The number of ether oxygens (including phenoxy) is 2. The molecule has 0 aliphatic carbocycles. The van der Waals surface area contributed by atoms with Gasteiger partial charge in [0.1, 0.15) is 5.75 Å². The first-order chi connectivity index (χ1) is 11.2. The highest BCUT2D eigenvalue weighted by molar-refractivity contribution is 5.76.